The van der Waals surface area contributed by atoms with Gasteiger partial charge in [-0.3, -0.25) is 9.79 Å². The van der Waals surface area contributed by atoms with Crippen LogP contribution in [0.5, 0.6) is 0 Å². The molecular formula is C20H26FIN4O. The molecule has 3 N–H and O–H groups in total. The van der Waals surface area contributed by atoms with Gasteiger partial charge < -0.3 is 16.0 Å². The van der Waals surface area contributed by atoms with Crippen molar-refractivity contribution in [3.8, 4) is 0 Å². The highest BCUT2D eigenvalue weighted by atomic mass is 127. The van der Waals surface area contributed by atoms with Crippen molar-refractivity contribution in [2.24, 2.45) is 4.99 Å². The number of benzene rings is 2. The SMILES string of the molecule is CN=C(NCC(=O)Nc1cccc(F)c1)NC(C)CCc1ccccc1.I. The zero-order valence-electron chi connectivity index (χ0n) is 15.5. The first-order valence-corrected chi connectivity index (χ1v) is 8.63. The Morgan fingerprint density at radius 1 is 1.15 bits per heavy atom. The average molecular weight is 484 g/mol. The van der Waals surface area contributed by atoms with Crippen LogP contribution in [-0.4, -0.2) is 31.5 Å². The van der Waals surface area contributed by atoms with Crippen LogP contribution in [0.1, 0.15) is 18.9 Å². The first kappa shape index (κ1) is 22.9. The van der Waals surface area contributed by atoms with Crippen molar-refractivity contribution in [3.63, 3.8) is 0 Å². The van der Waals surface area contributed by atoms with Gasteiger partial charge in [0.25, 0.3) is 0 Å². The van der Waals surface area contributed by atoms with E-state index < -0.39 is 0 Å². The number of carbonyl (C=O) groups is 1. The van der Waals surface area contributed by atoms with Crippen molar-refractivity contribution in [2.75, 3.05) is 18.9 Å². The van der Waals surface area contributed by atoms with Crippen LogP contribution in [-0.2, 0) is 11.2 Å². The summed E-state index contributed by atoms with van der Waals surface area (Å²) < 4.78 is 13.1. The molecule has 0 aliphatic carbocycles. The van der Waals surface area contributed by atoms with Crippen molar-refractivity contribution < 1.29 is 9.18 Å². The van der Waals surface area contributed by atoms with E-state index in [-0.39, 0.29) is 48.3 Å². The highest BCUT2D eigenvalue weighted by Gasteiger charge is 2.08. The fourth-order valence-corrected chi connectivity index (χ4v) is 2.46. The standard InChI is InChI=1S/C20H25FN4O.HI/c1-15(11-12-16-7-4-3-5-8-16)24-20(22-2)23-14-19(26)25-18-10-6-9-17(21)13-18;/h3-10,13,15H,11-12,14H2,1-2H3,(H,25,26)(H2,22,23,24);1H. The van der Waals surface area contributed by atoms with E-state index in [1.54, 1.807) is 19.2 Å². The number of nitrogens with zero attached hydrogens (tertiary/aromatic N) is 1. The molecule has 5 nitrogen and oxygen atoms in total. The van der Waals surface area contributed by atoms with E-state index >= 15 is 0 Å². The summed E-state index contributed by atoms with van der Waals surface area (Å²) in [5.41, 5.74) is 1.72. The molecule has 1 unspecified atom stereocenters. The molecule has 0 aliphatic heterocycles. The van der Waals surface area contributed by atoms with Gasteiger partial charge in [-0.1, -0.05) is 36.4 Å². The lowest BCUT2D eigenvalue weighted by molar-refractivity contribution is -0.115. The monoisotopic (exact) mass is 484 g/mol. The molecule has 0 bridgehead atoms. The molecule has 0 aliphatic rings. The molecule has 7 heteroatoms. The smallest absolute Gasteiger partial charge is 0.243 e. The maximum absolute atomic E-state index is 13.1. The van der Waals surface area contributed by atoms with Crippen LogP contribution in [0.25, 0.3) is 0 Å². The zero-order chi connectivity index (χ0) is 18.8. The molecule has 1 atom stereocenters. The lowest BCUT2D eigenvalue weighted by atomic mass is 10.1. The molecule has 2 aromatic rings. The Balaban J connectivity index is 0.00000364. The minimum Gasteiger partial charge on any atom is -0.354 e. The zero-order valence-corrected chi connectivity index (χ0v) is 17.9. The number of aryl methyl sites for hydroxylation is 1. The Hall–Kier alpha value is -2.16. The first-order chi connectivity index (χ1) is 12.6. The van der Waals surface area contributed by atoms with Gasteiger partial charge in [0.15, 0.2) is 5.96 Å². The molecular weight excluding hydrogens is 458 g/mol. The average Bonchev–Trinajstić information content (AvgIpc) is 2.64. The molecule has 0 fully saturated rings. The first-order valence-electron chi connectivity index (χ1n) is 8.63. The maximum Gasteiger partial charge on any atom is 0.243 e. The highest BCUT2D eigenvalue weighted by molar-refractivity contribution is 14.0. The van der Waals surface area contributed by atoms with Crippen LogP contribution in [0.3, 0.4) is 0 Å². The van der Waals surface area contributed by atoms with E-state index in [2.05, 4.69) is 40.0 Å². The van der Waals surface area contributed by atoms with E-state index in [1.165, 1.54) is 17.7 Å². The number of aliphatic imine (C=N–C) groups is 1. The highest BCUT2D eigenvalue weighted by Crippen LogP contribution is 2.08. The third kappa shape index (κ3) is 8.85. The van der Waals surface area contributed by atoms with E-state index in [4.69, 9.17) is 0 Å². The summed E-state index contributed by atoms with van der Waals surface area (Å²) >= 11 is 0. The van der Waals surface area contributed by atoms with E-state index in [9.17, 15) is 9.18 Å². The predicted octanol–water partition coefficient (Wildman–Crippen LogP) is 3.57. The van der Waals surface area contributed by atoms with Crippen molar-refractivity contribution in [2.45, 2.75) is 25.8 Å². The Morgan fingerprint density at radius 2 is 1.89 bits per heavy atom. The van der Waals surface area contributed by atoms with E-state index in [0.29, 0.717) is 11.6 Å². The lowest BCUT2D eigenvalue weighted by Crippen LogP contribution is -2.45. The van der Waals surface area contributed by atoms with Crippen LogP contribution < -0.4 is 16.0 Å². The summed E-state index contributed by atoms with van der Waals surface area (Å²) in [5, 5.41) is 8.87. The molecule has 2 rings (SSSR count). The second-order valence-corrected chi connectivity index (χ2v) is 6.05. The number of anilines is 1. The van der Waals surface area contributed by atoms with Crippen LogP contribution in [0.4, 0.5) is 10.1 Å². The molecule has 0 saturated heterocycles. The second kappa shape index (κ2) is 12.3. The number of hydrogen-bond donors (Lipinski definition) is 3. The van der Waals surface area contributed by atoms with Gasteiger partial charge >= 0.3 is 0 Å². The molecule has 0 heterocycles. The number of hydrogen-bond acceptors (Lipinski definition) is 2. The summed E-state index contributed by atoms with van der Waals surface area (Å²) in [5.74, 6) is -0.101. The molecule has 146 valence electrons. The third-order valence-corrected chi connectivity index (χ3v) is 3.84. The number of halogens is 2. The number of amides is 1. The van der Waals surface area contributed by atoms with Crippen LogP contribution in [0.2, 0.25) is 0 Å². The quantitative estimate of drug-likeness (QED) is 0.320. The summed E-state index contributed by atoms with van der Waals surface area (Å²) in [4.78, 5) is 16.1. The maximum atomic E-state index is 13.1. The number of rotatable bonds is 7. The van der Waals surface area contributed by atoms with Gasteiger partial charge in [-0.2, -0.15) is 0 Å². The van der Waals surface area contributed by atoms with Crippen LogP contribution in [0, 0.1) is 5.82 Å². The molecule has 0 aromatic heterocycles. The van der Waals surface area contributed by atoms with Crippen molar-refractivity contribution in [3.05, 3.63) is 66.0 Å². The van der Waals surface area contributed by atoms with Gasteiger partial charge in [-0.15, -0.1) is 24.0 Å². The fraction of sp³-hybridized carbons (Fsp3) is 0.300. The number of guanidine groups is 1. The van der Waals surface area contributed by atoms with Crippen LogP contribution in [0.15, 0.2) is 59.6 Å². The fourth-order valence-electron chi connectivity index (χ4n) is 2.46. The summed E-state index contributed by atoms with van der Waals surface area (Å²) in [6.07, 6.45) is 1.91. The Bertz CT molecular complexity index is 740. The second-order valence-electron chi connectivity index (χ2n) is 6.05. The topological polar surface area (TPSA) is 65.5 Å². The van der Waals surface area contributed by atoms with E-state index in [1.807, 2.05) is 18.2 Å². The Morgan fingerprint density at radius 3 is 2.56 bits per heavy atom. The minimum absolute atomic E-state index is 0. The van der Waals surface area contributed by atoms with Gasteiger partial charge in [0.1, 0.15) is 5.82 Å². The molecule has 27 heavy (non-hydrogen) atoms. The minimum atomic E-state index is -0.388. The largest absolute Gasteiger partial charge is 0.354 e. The van der Waals surface area contributed by atoms with Crippen molar-refractivity contribution in [1.82, 2.24) is 10.6 Å². The molecule has 0 saturated carbocycles. The van der Waals surface area contributed by atoms with Gasteiger partial charge in [0.05, 0.1) is 6.54 Å². The molecule has 0 radical (unpaired) electrons. The number of nitrogens with one attached hydrogen (secondary N) is 3. The summed E-state index contributed by atoms with van der Waals surface area (Å²) in [6, 6.07) is 16.3. The van der Waals surface area contributed by atoms with E-state index in [0.717, 1.165) is 12.8 Å². The lowest BCUT2D eigenvalue weighted by Gasteiger charge is -2.18. The van der Waals surface area contributed by atoms with Gasteiger partial charge in [0.2, 0.25) is 5.91 Å². The predicted molar refractivity (Wildman–Crippen MR) is 119 cm³/mol. The van der Waals surface area contributed by atoms with Gasteiger partial charge in [0, 0.05) is 18.8 Å². The normalized spacial score (nSPS) is 11.9. The van der Waals surface area contributed by atoms with Gasteiger partial charge in [-0.25, -0.2) is 4.39 Å². The summed E-state index contributed by atoms with van der Waals surface area (Å²) in [7, 11) is 1.66. The Labute approximate surface area is 176 Å². The van der Waals surface area contributed by atoms with Crippen molar-refractivity contribution >= 4 is 41.5 Å². The molecule has 1 amide bonds. The summed E-state index contributed by atoms with van der Waals surface area (Å²) in [6.45, 7) is 2.12. The molecule has 2 aromatic carbocycles. The number of carbonyl (C=O) groups excluding carboxylic acids is 1. The van der Waals surface area contributed by atoms with Crippen LogP contribution >= 0.6 is 24.0 Å². The molecule has 0 spiro atoms. The third-order valence-electron chi connectivity index (χ3n) is 3.84. The Kier molecular flexibility index (Phi) is 10.4. The van der Waals surface area contributed by atoms with Gasteiger partial charge in [-0.05, 0) is 43.5 Å². The van der Waals surface area contributed by atoms with Crippen molar-refractivity contribution in [1.29, 1.82) is 0 Å².